The van der Waals surface area contributed by atoms with Gasteiger partial charge in [0, 0.05) is 6.04 Å². The second-order valence-corrected chi connectivity index (χ2v) is 4.57. The van der Waals surface area contributed by atoms with Crippen LogP contribution in [0.1, 0.15) is 50.5 Å². The molecule has 2 nitrogen and oxygen atoms in total. The molecule has 0 radical (unpaired) electrons. The van der Waals surface area contributed by atoms with E-state index in [1.165, 1.54) is 37.7 Å². The van der Waals surface area contributed by atoms with Crippen molar-refractivity contribution in [3.8, 4) is 0 Å². The number of nitrogens with one attached hydrogen (secondary N) is 1. The Morgan fingerprint density at radius 3 is 3.13 bits per heavy atom. The fourth-order valence-corrected chi connectivity index (χ4v) is 2.53. The second-order valence-electron chi connectivity index (χ2n) is 4.57. The maximum absolute atomic E-state index is 5.16. The summed E-state index contributed by atoms with van der Waals surface area (Å²) < 4.78 is 5.16. The molecule has 1 saturated carbocycles. The van der Waals surface area contributed by atoms with Crippen molar-refractivity contribution in [2.45, 2.75) is 51.0 Å². The number of furan rings is 1. The summed E-state index contributed by atoms with van der Waals surface area (Å²) >= 11 is 0. The van der Waals surface area contributed by atoms with Crippen molar-refractivity contribution in [2.75, 3.05) is 6.54 Å². The molecular weight excluding hydrogens is 186 g/mol. The molecule has 2 atom stereocenters. The molecule has 0 saturated heterocycles. The van der Waals surface area contributed by atoms with Crippen LogP contribution in [0.5, 0.6) is 0 Å². The number of hydrogen-bond donors (Lipinski definition) is 1. The van der Waals surface area contributed by atoms with Gasteiger partial charge in [-0.1, -0.05) is 13.3 Å². The fourth-order valence-electron chi connectivity index (χ4n) is 2.53. The van der Waals surface area contributed by atoms with Crippen molar-refractivity contribution < 1.29 is 4.42 Å². The zero-order valence-corrected chi connectivity index (χ0v) is 9.54. The highest BCUT2D eigenvalue weighted by Gasteiger charge is 2.23. The van der Waals surface area contributed by atoms with Crippen molar-refractivity contribution in [1.29, 1.82) is 0 Å². The van der Waals surface area contributed by atoms with Crippen LogP contribution in [0.2, 0.25) is 0 Å². The maximum atomic E-state index is 5.16. The van der Waals surface area contributed by atoms with Crippen molar-refractivity contribution in [2.24, 2.45) is 0 Å². The lowest BCUT2D eigenvalue weighted by Gasteiger charge is -2.29. The van der Waals surface area contributed by atoms with Gasteiger partial charge in [0.05, 0.1) is 12.5 Å². The predicted molar refractivity (Wildman–Crippen MR) is 62.0 cm³/mol. The van der Waals surface area contributed by atoms with Crippen LogP contribution in [0.3, 0.4) is 0 Å². The van der Waals surface area contributed by atoms with Gasteiger partial charge in [-0.25, -0.2) is 0 Å². The summed E-state index contributed by atoms with van der Waals surface area (Å²) in [7, 11) is 0. The molecule has 1 aliphatic carbocycles. The summed E-state index contributed by atoms with van der Waals surface area (Å²) in [6.07, 6.45) is 10.2. The predicted octanol–water partition coefficient (Wildman–Crippen LogP) is 3.31. The Labute approximate surface area is 92.1 Å². The lowest BCUT2D eigenvalue weighted by molar-refractivity contribution is 0.339. The zero-order chi connectivity index (χ0) is 10.5. The quantitative estimate of drug-likeness (QED) is 0.819. The summed E-state index contributed by atoms with van der Waals surface area (Å²) in [5, 5.41) is 3.63. The molecule has 2 unspecified atom stereocenters. The first-order valence-corrected chi connectivity index (χ1v) is 6.15. The van der Waals surface area contributed by atoms with E-state index >= 15 is 0 Å². The van der Waals surface area contributed by atoms with Crippen molar-refractivity contribution in [1.82, 2.24) is 5.32 Å². The standard InChI is InChI=1S/C13H21NO/c1-2-7-14-13-5-3-4-11(9-13)12-6-8-15-10-12/h6,8,10-11,13-14H,2-5,7,9H2,1H3. The zero-order valence-electron chi connectivity index (χ0n) is 9.54. The molecule has 2 heteroatoms. The van der Waals surface area contributed by atoms with E-state index < -0.39 is 0 Å². The Bertz CT molecular complexity index is 268. The molecule has 15 heavy (non-hydrogen) atoms. The SMILES string of the molecule is CCCNC1CCCC(c2ccoc2)C1. The lowest BCUT2D eigenvalue weighted by Crippen LogP contribution is -2.33. The van der Waals surface area contributed by atoms with E-state index in [9.17, 15) is 0 Å². The van der Waals surface area contributed by atoms with Crippen LogP contribution in [0.25, 0.3) is 0 Å². The second kappa shape index (κ2) is 5.36. The number of hydrogen-bond acceptors (Lipinski definition) is 2. The Balaban J connectivity index is 1.87. The van der Waals surface area contributed by atoms with Crippen LogP contribution in [-0.2, 0) is 0 Å². The third kappa shape index (κ3) is 2.85. The Morgan fingerprint density at radius 2 is 2.40 bits per heavy atom. The minimum absolute atomic E-state index is 0.715. The summed E-state index contributed by atoms with van der Waals surface area (Å²) in [6, 6.07) is 2.84. The Hall–Kier alpha value is -0.760. The van der Waals surface area contributed by atoms with Gasteiger partial charge in [0.15, 0.2) is 0 Å². The van der Waals surface area contributed by atoms with Gasteiger partial charge >= 0.3 is 0 Å². The average molecular weight is 207 g/mol. The van der Waals surface area contributed by atoms with Gasteiger partial charge in [0.1, 0.15) is 0 Å². The highest BCUT2D eigenvalue weighted by atomic mass is 16.3. The van der Waals surface area contributed by atoms with Crippen LogP contribution in [0.4, 0.5) is 0 Å². The third-order valence-corrected chi connectivity index (χ3v) is 3.37. The van der Waals surface area contributed by atoms with Gasteiger partial charge in [0.2, 0.25) is 0 Å². The van der Waals surface area contributed by atoms with E-state index in [1.54, 1.807) is 6.26 Å². The first-order chi connectivity index (χ1) is 7.40. The Kier molecular flexibility index (Phi) is 3.84. The van der Waals surface area contributed by atoms with E-state index in [2.05, 4.69) is 18.3 Å². The minimum atomic E-state index is 0.715. The molecule has 0 aromatic carbocycles. The Morgan fingerprint density at radius 1 is 1.47 bits per heavy atom. The molecule has 1 aliphatic rings. The molecule has 2 rings (SSSR count). The largest absolute Gasteiger partial charge is 0.472 e. The van der Waals surface area contributed by atoms with E-state index in [4.69, 9.17) is 4.42 Å². The van der Waals surface area contributed by atoms with Gasteiger partial charge in [-0.05, 0) is 49.8 Å². The minimum Gasteiger partial charge on any atom is -0.472 e. The van der Waals surface area contributed by atoms with E-state index in [1.807, 2.05) is 6.26 Å². The molecule has 1 fully saturated rings. The van der Waals surface area contributed by atoms with Crippen LogP contribution in [0.15, 0.2) is 23.0 Å². The highest BCUT2D eigenvalue weighted by Crippen LogP contribution is 2.32. The molecule has 0 spiro atoms. The van der Waals surface area contributed by atoms with Crippen molar-refractivity contribution >= 4 is 0 Å². The van der Waals surface area contributed by atoms with E-state index in [0.717, 1.165) is 12.6 Å². The molecule has 1 heterocycles. The smallest absolute Gasteiger partial charge is 0.0937 e. The molecule has 84 valence electrons. The van der Waals surface area contributed by atoms with Gasteiger partial charge in [-0.3, -0.25) is 0 Å². The van der Waals surface area contributed by atoms with E-state index in [0.29, 0.717) is 5.92 Å². The topological polar surface area (TPSA) is 25.2 Å². The van der Waals surface area contributed by atoms with Crippen molar-refractivity contribution in [3.05, 3.63) is 24.2 Å². The first-order valence-electron chi connectivity index (χ1n) is 6.15. The fraction of sp³-hybridized carbons (Fsp3) is 0.692. The van der Waals surface area contributed by atoms with Gasteiger partial charge in [-0.2, -0.15) is 0 Å². The lowest BCUT2D eigenvalue weighted by atomic mass is 9.82. The van der Waals surface area contributed by atoms with Crippen molar-refractivity contribution in [3.63, 3.8) is 0 Å². The summed E-state index contributed by atoms with van der Waals surface area (Å²) in [4.78, 5) is 0. The molecule has 1 aromatic heterocycles. The first kappa shape index (κ1) is 10.7. The van der Waals surface area contributed by atoms with Crippen LogP contribution >= 0.6 is 0 Å². The highest BCUT2D eigenvalue weighted by molar-refractivity contribution is 5.13. The average Bonchev–Trinajstić information content (AvgIpc) is 2.80. The molecular formula is C13H21NO. The van der Waals surface area contributed by atoms with Crippen LogP contribution in [0, 0.1) is 0 Å². The summed E-state index contributed by atoms with van der Waals surface area (Å²) in [6.45, 7) is 3.38. The summed E-state index contributed by atoms with van der Waals surface area (Å²) in [5.41, 5.74) is 1.39. The normalized spacial score (nSPS) is 26.7. The number of rotatable bonds is 4. The third-order valence-electron chi connectivity index (χ3n) is 3.37. The molecule has 0 aliphatic heterocycles. The van der Waals surface area contributed by atoms with Crippen LogP contribution < -0.4 is 5.32 Å². The molecule has 0 bridgehead atoms. The van der Waals surface area contributed by atoms with Crippen LogP contribution in [-0.4, -0.2) is 12.6 Å². The maximum Gasteiger partial charge on any atom is 0.0937 e. The van der Waals surface area contributed by atoms with Gasteiger partial charge in [-0.15, -0.1) is 0 Å². The molecule has 0 amide bonds. The summed E-state index contributed by atoms with van der Waals surface area (Å²) in [5.74, 6) is 0.715. The van der Waals surface area contributed by atoms with Gasteiger partial charge < -0.3 is 9.73 Å². The molecule has 1 aromatic rings. The van der Waals surface area contributed by atoms with E-state index in [-0.39, 0.29) is 0 Å². The van der Waals surface area contributed by atoms with Gasteiger partial charge in [0.25, 0.3) is 0 Å². The molecule has 1 N–H and O–H groups in total. The monoisotopic (exact) mass is 207 g/mol.